The third-order valence-electron chi connectivity index (χ3n) is 5.75. The number of hydrogen-bond donors (Lipinski definition) is 0. The maximum absolute atomic E-state index is 12.9. The van der Waals surface area contributed by atoms with Crippen molar-refractivity contribution < 1.29 is 13.2 Å². The molecule has 2 fully saturated rings. The van der Waals surface area contributed by atoms with Crippen molar-refractivity contribution in [1.82, 2.24) is 13.5 Å². The first-order chi connectivity index (χ1) is 13.6. The van der Waals surface area contributed by atoms with Crippen molar-refractivity contribution in [1.29, 1.82) is 0 Å². The summed E-state index contributed by atoms with van der Waals surface area (Å²) in [7, 11) is -3.37. The van der Waals surface area contributed by atoms with E-state index in [4.69, 9.17) is 4.74 Å². The van der Waals surface area contributed by atoms with Crippen LogP contribution in [0.5, 0.6) is 0 Å². The van der Waals surface area contributed by atoms with E-state index in [1.807, 2.05) is 0 Å². The molecule has 0 atom stereocenters. The van der Waals surface area contributed by atoms with Crippen LogP contribution in [0, 0.1) is 0 Å². The standard InChI is InChI=1S/C21H29N3O3S/c25-28(26,24-15-17-27-18-16-24)23-11-4-10-22(13-14-23)12-9-20-7-3-6-19-5-1-2-8-21(19)20/h1-3,5-8H,4,9-18H2. The Balaban J connectivity index is 1.36. The quantitative estimate of drug-likeness (QED) is 0.766. The average Bonchev–Trinajstić information content (AvgIpc) is 2.99. The van der Waals surface area contributed by atoms with E-state index in [0.29, 0.717) is 39.4 Å². The molecule has 2 aliphatic heterocycles. The summed E-state index contributed by atoms with van der Waals surface area (Å²) < 4.78 is 34.3. The van der Waals surface area contributed by atoms with Gasteiger partial charge in [-0.15, -0.1) is 0 Å². The monoisotopic (exact) mass is 403 g/mol. The minimum Gasteiger partial charge on any atom is -0.379 e. The molecule has 2 heterocycles. The molecule has 2 aliphatic rings. The molecule has 152 valence electrons. The molecular formula is C21H29N3O3S. The van der Waals surface area contributed by atoms with Crippen LogP contribution in [0.1, 0.15) is 12.0 Å². The molecule has 0 radical (unpaired) electrons. The second kappa shape index (κ2) is 8.88. The van der Waals surface area contributed by atoms with Gasteiger partial charge in [-0.1, -0.05) is 42.5 Å². The van der Waals surface area contributed by atoms with Gasteiger partial charge in [-0.05, 0) is 35.7 Å². The molecule has 28 heavy (non-hydrogen) atoms. The van der Waals surface area contributed by atoms with Crippen molar-refractivity contribution in [3.8, 4) is 0 Å². The fraction of sp³-hybridized carbons (Fsp3) is 0.524. The highest BCUT2D eigenvalue weighted by atomic mass is 32.2. The first kappa shape index (κ1) is 19.8. The van der Waals surface area contributed by atoms with E-state index < -0.39 is 10.2 Å². The van der Waals surface area contributed by atoms with Crippen molar-refractivity contribution in [2.24, 2.45) is 0 Å². The molecule has 0 spiro atoms. The van der Waals surface area contributed by atoms with Gasteiger partial charge in [0.25, 0.3) is 10.2 Å². The van der Waals surface area contributed by atoms with E-state index in [2.05, 4.69) is 47.4 Å². The van der Waals surface area contributed by atoms with Gasteiger partial charge in [-0.2, -0.15) is 17.0 Å². The van der Waals surface area contributed by atoms with Crippen LogP contribution in [-0.4, -0.2) is 81.0 Å². The predicted octanol–water partition coefficient (Wildman–Crippen LogP) is 1.97. The van der Waals surface area contributed by atoms with Gasteiger partial charge in [0.1, 0.15) is 0 Å². The highest BCUT2D eigenvalue weighted by molar-refractivity contribution is 7.86. The molecule has 7 heteroatoms. The number of ether oxygens (including phenoxy) is 1. The molecular weight excluding hydrogens is 374 g/mol. The van der Waals surface area contributed by atoms with Crippen molar-refractivity contribution >= 4 is 21.0 Å². The SMILES string of the molecule is O=S(=O)(N1CCOCC1)N1CCCN(CCc2cccc3ccccc23)CC1. The van der Waals surface area contributed by atoms with E-state index in [1.165, 1.54) is 16.3 Å². The van der Waals surface area contributed by atoms with Crippen LogP contribution in [-0.2, 0) is 21.4 Å². The van der Waals surface area contributed by atoms with Gasteiger partial charge in [0.2, 0.25) is 0 Å². The largest absolute Gasteiger partial charge is 0.379 e. The first-order valence-corrected chi connectivity index (χ1v) is 11.6. The number of nitrogens with zero attached hydrogens (tertiary/aromatic N) is 3. The Morgan fingerprint density at radius 3 is 2.43 bits per heavy atom. The van der Waals surface area contributed by atoms with E-state index in [1.54, 1.807) is 8.61 Å². The molecule has 0 aromatic heterocycles. The minimum absolute atomic E-state index is 0.462. The molecule has 0 saturated carbocycles. The van der Waals surface area contributed by atoms with E-state index >= 15 is 0 Å². The highest BCUT2D eigenvalue weighted by Gasteiger charge is 2.32. The fourth-order valence-electron chi connectivity index (χ4n) is 4.13. The topological polar surface area (TPSA) is 53.1 Å². The number of rotatable bonds is 5. The van der Waals surface area contributed by atoms with Crippen LogP contribution >= 0.6 is 0 Å². The maximum atomic E-state index is 12.9. The van der Waals surface area contributed by atoms with Gasteiger partial charge in [-0.3, -0.25) is 0 Å². The molecule has 0 bridgehead atoms. The third kappa shape index (κ3) is 4.39. The van der Waals surface area contributed by atoms with Gasteiger partial charge in [0.05, 0.1) is 13.2 Å². The summed E-state index contributed by atoms with van der Waals surface area (Å²) in [6.45, 7) is 5.76. The van der Waals surface area contributed by atoms with Crippen LogP contribution in [0.2, 0.25) is 0 Å². The summed E-state index contributed by atoms with van der Waals surface area (Å²) >= 11 is 0. The van der Waals surface area contributed by atoms with Gasteiger partial charge in [0.15, 0.2) is 0 Å². The number of fused-ring (bicyclic) bond motifs is 1. The second-order valence-electron chi connectivity index (χ2n) is 7.50. The lowest BCUT2D eigenvalue weighted by atomic mass is 10.0. The van der Waals surface area contributed by atoms with E-state index in [0.717, 1.165) is 32.5 Å². The third-order valence-corrected chi connectivity index (χ3v) is 7.78. The Bertz CT molecular complexity index is 891. The second-order valence-corrected chi connectivity index (χ2v) is 9.43. The summed E-state index contributed by atoms with van der Waals surface area (Å²) in [6.07, 6.45) is 1.86. The first-order valence-electron chi connectivity index (χ1n) is 10.2. The Morgan fingerprint density at radius 2 is 1.57 bits per heavy atom. The van der Waals surface area contributed by atoms with E-state index in [9.17, 15) is 8.42 Å². The Hall–Kier alpha value is -1.51. The van der Waals surface area contributed by atoms with Crippen LogP contribution in [0.3, 0.4) is 0 Å². The molecule has 2 saturated heterocycles. The minimum atomic E-state index is -3.37. The normalized spacial score (nSPS) is 21.0. The average molecular weight is 404 g/mol. The smallest absolute Gasteiger partial charge is 0.282 e. The summed E-state index contributed by atoms with van der Waals surface area (Å²) in [5.41, 5.74) is 1.36. The summed E-state index contributed by atoms with van der Waals surface area (Å²) in [6, 6.07) is 15.0. The predicted molar refractivity (Wildman–Crippen MR) is 112 cm³/mol. The zero-order chi connectivity index (χ0) is 19.4. The molecule has 6 nitrogen and oxygen atoms in total. The van der Waals surface area contributed by atoms with Crippen LogP contribution < -0.4 is 0 Å². The van der Waals surface area contributed by atoms with Gasteiger partial charge in [0, 0.05) is 39.3 Å². The Kier molecular flexibility index (Phi) is 6.28. The van der Waals surface area contributed by atoms with Crippen molar-refractivity contribution in [2.75, 3.05) is 59.0 Å². The Labute approximate surface area is 167 Å². The molecule has 0 aliphatic carbocycles. The van der Waals surface area contributed by atoms with Crippen LogP contribution in [0.4, 0.5) is 0 Å². The molecule has 0 N–H and O–H groups in total. The summed E-state index contributed by atoms with van der Waals surface area (Å²) in [5, 5.41) is 2.59. The number of hydrogen-bond acceptors (Lipinski definition) is 4. The zero-order valence-electron chi connectivity index (χ0n) is 16.3. The van der Waals surface area contributed by atoms with Gasteiger partial charge < -0.3 is 9.64 Å². The molecule has 0 amide bonds. The molecule has 4 rings (SSSR count). The van der Waals surface area contributed by atoms with Crippen LogP contribution in [0.15, 0.2) is 42.5 Å². The number of benzene rings is 2. The van der Waals surface area contributed by atoms with Gasteiger partial charge >= 0.3 is 0 Å². The lowest BCUT2D eigenvalue weighted by molar-refractivity contribution is 0.0702. The van der Waals surface area contributed by atoms with Crippen LogP contribution in [0.25, 0.3) is 10.8 Å². The lowest BCUT2D eigenvalue weighted by Crippen LogP contribution is -2.49. The highest BCUT2D eigenvalue weighted by Crippen LogP contribution is 2.20. The lowest BCUT2D eigenvalue weighted by Gasteiger charge is -2.31. The molecule has 2 aromatic carbocycles. The fourth-order valence-corrected chi connectivity index (χ4v) is 5.74. The van der Waals surface area contributed by atoms with Crippen molar-refractivity contribution in [2.45, 2.75) is 12.8 Å². The van der Waals surface area contributed by atoms with Gasteiger partial charge in [-0.25, -0.2) is 0 Å². The van der Waals surface area contributed by atoms with Crippen molar-refractivity contribution in [3.05, 3.63) is 48.0 Å². The summed E-state index contributed by atoms with van der Waals surface area (Å²) in [5.74, 6) is 0. The molecule has 2 aromatic rings. The summed E-state index contributed by atoms with van der Waals surface area (Å²) in [4.78, 5) is 2.40. The zero-order valence-corrected chi connectivity index (χ0v) is 17.1. The van der Waals surface area contributed by atoms with E-state index in [-0.39, 0.29) is 0 Å². The maximum Gasteiger partial charge on any atom is 0.282 e. The molecule has 0 unspecified atom stereocenters. The van der Waals surface area contributed by atoms with Crippen molar-refractivity contribution in [3.63, 3.8) is 0 Å². The number of morpholine rings is 1. The Morgan fingerprint density at radius 1 is 0.821 bits per heavy atom.